The summed E-state index contributed by atoms with van der Waals surface area (Å²) >= 11 is 0. The summed E-state index contributed by atoms with van der Waals surface area (Å²) in [5.41, 5.74) is 1.82. The zero-order chi connectivity index (χ0) is 13.0. The molecule has 2 unspecified atom stereocenters. The van der Waals surface area contributed by atoms with Crippen LogP contribution in [0.3, 0.4) is 0 Å². The predicted octanol–water partition coefficient (Wildman–Crippen LogP) is 2.47. The average Bonchev–Trinajstić information content (AvgIpc) is 2.28. The van der Waals surface area contributed by atoms with E-state index in [0.29, 0.717) is 0 Å². The summed E-state index contributed by atoms with van der Waals surface area (Å²) in [6.07, 6.45) is -0.817. The predicted molar refractivity (Wildman–Crippen MR) is 66.5 cm³/mol. The number of aliphatic hydroxyl groups excluding tert-OH is 1. The van der Waals surface area contributed by atoms with Crippen LogP contribution in [0, 0.1) is 18.8 Å². The molecule has 1 rings (SSSR count). The number of rotatable bonds is 4. The number of carbonyl (C=O) groups excluding carboxylic acids is 1. The minimum absolute atomic E-state index is 0.0259. The van der Waals surface area contributed by atoms with E-state index in [1.165, 1.54) is 7.11 Å². The van der Waals surface area contributed by atoms with E-state index in [4.69, 9.17) is 4.74 Å². The lowest BCUT2D eigenvalue weighted by Gasteiger charge is -2.24. The number of aliphatic hydroxyl groups is 1. The molecule has 0 amide bonds. The van der Waals surface area contributed by atoms with Crippen molar-refractivity contribution >= 4 is 5.97 Å². The van der Waals surface area contributed by atoms with Crippen LogP contribution in [0.25, 0.3) is 0 Å². The first-order chi connectivity index (χ1) is 7.97. The molecule has 1 aromatic carbocycles. The maximum Gasteiger partial charge on any atom is 0.311 e. The van der Waals surface area contributed by atoms with Crippen molar-refractivity contribution in [3.63, 3.8) is 0 Å². The normalized spacial score (nSPS) is 14.5. The van der Waals surface area contributed by atoms with Gasteiger partial charge in [0.15, 0.2) is 0 Å². The van der Waals surface area contributed by atoms with E-state index in [-0.39, 0.29) is 11.9 Å². The van der Waals surface area contributed by atoms with Gasteiger partial charge in [0.1, 0.15) is 0 Å². The van der Waals surface area contributed by atoms with Crippen molar-refractivity contribution in [2.45, 2.75) is 26.9 Å². The van der Waals surface area contributed by atoms with Gasteiger partial charge >= 0.3 is 5.97 Å². The van der Waals surface area contributed by atoms with E-state index in [2.05, 4.69) is 0 Å². The Morgan fingerprint density at radius 1 is 1.35 bits per heavy atom. The molecule has 1 aromatic rings. The number of aryl methyl sites for hydroxylation is 1. The van der Waals surface area contributed by atoms with Crippen molar-refractivity contribution < 1.29 is 14.6 Å². The minimum Gasteiger partial charge on any atom is -0.469 e. The molecule has 0 bridgehead atoms. The number of hydrogen-bond acceptors (Lipinski definition) is 3. The second kappa shape index (κ2) is 5.82. The molecule has 0 aliphatic carbocycles. The van der Waals surface area contributed by atoms with Gasteiger partial charge in [0.05, 0.1) is 19.1 Å². The summed E-state index contributed by atoms with van der Waals surface area (Å²) in [5, 5.41) is 10.3. The quantitative estimate of drug-likeness (QED) is 0.817. The summed E-state index contributed by atoms with van der Waals surface area (Å²) in [7, 11) is 1.35. The van der Waals surface area contributed by atoms with E-state index in [1.54, 1.807) is 0 Å². The third-order valence-corrected chi connectivity index (χ3v) is 2.92. The number of methoxy groups -OCH3 is 1. The van der Waals surface area contributed by atoms with Gasteiger partial charge in [-0.15, -0.1) is 0 Å². The first-order valence-corrected chi connectivity index (χ1v) is 5.79. The molecule has 0 aliphatic heterocycles. The van der Waals surface area contributed by atoms with Crippen LogP contribution >= 0.6 is 0 Å². The average molecular weight is 236 g/mol. The minimum atomic E-state index is -0.817. The molecule has 2 atom stereocenters. The molecule has 3 heteroatoms. The van der Waals surface area contributed by atoms with Gasteiger partial charge < -0.3 is 9.84 Å². The zero-order valence-corrected chi connectivity index (χ0v) is 10.8. The maximum absolute atomic E-state index is 11.7. The molecule has 94 valence electrons. The van der Waals surface area contributed by atoms with E-state index in [1.807, 2.05) is 45.0 Å². The summed E-state index contributed by atoms with van der Waals surface area (Å²) in [6.45, 7) is 5.76. The standard InChI is InChI=1S/C14H20O3/c1-9(2)12(14(16)17-4)13(15)11-7-5-6-10(3)8-11/h5-9,12-13,15H,1-4H3. The fourth-order valence-electron chi connectivity index (χ4n) is 1.96. The highest BCUT2D eigenvalue weighted by molar-refractivity contribution is 5.73. The third kappa shape index (κ3) is 3.30. The highest BCUT2D eigenvalue weighted by Crippen LogP contribution is 2.29. The van der Waals surface area contributed by atoms with Gasteiger partial charge in [-0.25, -0.2) is 0 Å². The van der Waals surface area contributed by atoms with Crippen LogP contribution in [0.15, 0.2) is 24.3 Å². The van der Waals surface area contributed by atoms with Crippen molar-refractivity contribution in [2.75, 3.05) is 7.11 Å². The van der Waals surface area contributed by atoms with Gasteiger partial charge in [0, 0.05) is 0 Å². The summed E-state index contributed by atoms with van der Waals surface area (Å²) < 4.78 is 4.75. The lowest BCUT2D eigenvalue weighted by Crippen LogP contribution is -2.28. The van der Waals surface area contributed by atoms with Gasteiger partial charge in [-0.05, 0) is 18.4 Å². The Kier molecular flexibility index (Phi) is 4.70. The molecular formula is C14H20O3. The van der Waals surface area contributed by atoms with Crippen molar-refractivity contribution in [3.8, 4) is 0 Å². The molecular weight excluding hydrogens is 216 g/mol. The van der Waals surface area contributed by atoms with Crippen LogP contribution in [-0.4, -0.2) is 18.2 Å². The van der Waals surface area contributed by atoms with E-state index in [9.17, 15) is 9.90 Å². The number of ether oxygens (including phenoxy) is 1. The summed E-state index contributed by atoms with van der Waals surface area (Å²) in [4.78, 5) is 11.7. The molecule has 1 N–H and O–H groups in total. The van der Waals surface area contributed by atoms with Crippen LogP contribution < -0.4 is 0 Å². The zero-order valence-electron chi connectivity index (χ0n) is 10.8. The fraction of sp³-hybridized carbons (Fsp3) is 0.500. The number of hydrogen-bond donors (Lipinski definition) is 1. The highest BCUT2D eigenvalue weighted by atomic mass is 16.5. The van der Waals surface area contributed by atoms with Crippen molar-refractivity contribution in [1.29, 1.82) is 0 Å². The van der Waals surface area contributed by atoms with Crippen LogP contribution in [0.5, 0.6) is 0 Å². The van der Waals surface area contributed by atoms with Gasteiger partial charge in [-0.1, -0.05) is 43.7 Å². The van der Waals surface area contributed by atoms with Crippen LogP contribution in [0.2, 0.25) is 0 Å². The fourth-order valence-corrected chi connectivity index (χ4v) is 1.96. The lowest BCUT2D eigenvalue weighted by atomic mass is 9.86. The molecule has 17 heavy (non-hydrogen) atoms. The van der Waals surface area contributed by atoms with E-state index >= 15 is 0 Å². The van der Waals surface area contributed by atoms with Crippen LogP contribution in [0.1, 0.15) is 31.1 Å². The molecule has 0 fully saturated rings. The molecule has 0 aromatic heterocycles. The monoisotopic (exact) mass is 236 g/mol. The first-order valence-electron chi connectivity index (χ1n) is 5.79. The number of esters is 1. The molecule has 0 aliphatic rings. The second-order valence-corrected chi connectivity index (χ2v) is 4.65. The van der Waals surface area contributed by atoms with Gasteiger partial charge in [0.25, 0.3) is 0 Å². The Morgan fingerprint density at radius 3 is 2.47 bits per heavy atom. The Balaban J connectivity index is 2.99. The van der Waals surface area contributed by atoms with Gasteiger partial charge in [-0.3, -0.25) is 4.79 Å². The first kappa shape index (κ1) is 13.7. The summed E-state index contributed by atoms with van der Waals surface area (Å²) in [5.74, 6) is -0.867. The molecule has 0 heterocycles. The Morgan fingerprint density at radius 2 is 2.00 bits per heavy atom. The summed E-state index contributed by atoms with van der Waals surface area (Å²) in [6, 6.07) is 7.56. The Hall–Kier alpha value is -1.35. The smallest absolute Gasteiger partial charge is 0.311 e. The SMILES string of the molecule is COC(=O)C(C(C)C)C(O)c1cccc(C)c1. The topological polar surface area (TPSA) is 46.5 Å². The van der Waals surface area contributed by atoms with E-state index in [0.717, 1.165) is 11.1 Å². The van der Waals surface area contributed by atoms with Crippen molar-refractivity contribution in [1.82, 2.24) is 0 Å². The van der Waals surface area contributed by atoms with E-state index < -0.39 is 12.0 Å². The number of carbonyl (C=O) groups is 1. The van der Waals surface area contributed by atoms with Crippen LogP contribution in [0.4, 0.5) is 0 Å². The van der Waals surface area contributed by atoms with Gasteiger partial charge in [0.2, 0.25) is 0 Å². The van der Waals surface area contributed by atoms with Crippen molar-refractivity contribution in [3.05, 3.63) is 35.4 Å². The van der Waals surface area contributed by atoms with Crippen LogP contribution in [-0.2, 0) is 9.53 Å². The molecule has 0 spiro atoms. The molecule has 0 radical (unpaired) electrons. The second-order valence-electron chi connectivity index (χ2n) is 4.65. The van der Waals surface area contributed by atoms with Gasteiger partial charge in [-0.2, -0.15) is 0 Å². The Labute approximate surface area is 102 Å². The highest BCUT2D eigenvalue weighted by Gasteiger charge is 2.31. The third-order valence-electron chi connectivity index (χ3n) is 2.92. The maximum atomic E-state index is 11.7. The lowest BCUT2D eigenvalue weighted by molar-refractivity contribution is -0.152. The molecule has 0 saturated carbocycles. The largest absolute Gasteiger partial charge is 0.469 e. The molecule has 0 saturated heterocycles. The Bertz CT molecular complexity index is 385. The number of benzene rings is 1. The molecule has 3 nitrogen and oxygen atoms in total. The van der Waals surface area contributed by atoms with Crippen molar-refractivity contribution in [2.24, 2.45) is 11.8 Å².